The number of nitrogens with zero attached hydrogens (tertiary/aromatic N) is 1. The van der Waals surface area contributed by atoms with Gasteiger partial charge in [0, 0.05) is 6.20 Å². The number of pyridine rings is 1. The largest absolute Gasteiger partial charge is 0.321 e. The molecule has 0 saturated carbocycles. The molecule has 3 nitrogen and oxygen atoms in total. The second-order valence-electron chi connectivity index (χ2n) is 3.78. The van der Waals surface area contributed by atoms with Crippen LogP contribution >= 0.6 is 11.6 Å². The number of aromatic nitrogens is 1. The molecule has 0 aliphatic rings. The third-order valence-electron chi connectivity index (χ3n) is 1.76. The fraction of sp³-hybridized carbons (Fsp3) is 0.400. The van der Waals surface area contributed by atoms with Gasteiger partial charge in [-0.15, -0.1) is 0 Å². The monoisotopic (exact) mass is 230 g/mol. The molecular formula is C10H12ClFN2O. The highest BCUT2D eigenvalue weighted by atomic mass is 35.5. The van der Waals surface area contributed by atoms with E-state index in [2.05, 4.69) is 10.3 Å². The molecule has 1 rings (SSSR count). The standard InChI is InChI=1S/C10H12ClFN2O/c1-6-4-7(8(11)13-5-6)14-9(15)10(2,3)12/h4-5H,1-3H3,(H,14,15). The van der Waals surface area contributed by atoms with Crippen LogP contribution in [0.15, 0.2) is 12.3 Å². The molecule has 0 radical (unpaired) electrons. The van der Waals surface area contributed by atoms with Crippen LogP contribution < -0.4 is 5.32 Å². The summed E-state index contributed by atoms with van der Waals surface area (Å²) in [4.78, 5) is 15.2. The van der Waals surface area contributed by atoms with Crippen molar-refractivity contribution in [2.45, 2.75) is 26.4 Å². The van der Waals surface area contributed by atoms with Gasteiger partial charge in [-0.05, 0) is 32.4 Å². The number of halogens is 2. The summed E-state index contributed by atoms with van der Waals surface area (Å²) in [5.74, 6) is -0.739. The van der Waals surface area contributed by atoms with Crippen molar-refractivity contribution in [3.05, 3.63) is 23.0 Å². The molecule has 0 spiro atoms. The molecule has 1 aromatic rings. The Bertz CT molecular complexity index is 387. The van der Waals surface area contributed by atoms with E-state index >= 15 is 0 Å². The number of anilines is 1. The van der Waals surface area contributed by atoms with Gasteiger partial charge in [-0.1, -0.05) is 11.6 Å². The van der Waals surface area contributed by atoms with E-state index in [0.717, 1.165) is 5.56 Å². The van der Waals surface area contributed by atoms with Crippen molar-refractivity contribution >= 4 is 23.2 Å². The van der Waals surface area contributed by atoms with E-state index in [1.807, 2.05) is 0 Å². The van der Waals surface area contributed by atoms with Crippen LogP contribution in [-0.2, 0) is 4.79 Å². The Balaban J connectivity index is 2.90. The number of carbonyl (C=O) groups is 1. The molecule has 0 atom stereocenters. The number of carbonyl (C=O) groups excluding carboxylic acids is 1. The van der Waals surface area contributed by atoms with Crippen molar-refractivity contribution in [1.29, 1.82) is 0 Å². The van der Waals surface area contributed by atoms with E-state index in [4.69, 9.17) is 11.6 Å². The van der Waals surface area contributed by atoms with Crippen LogP contribution in [0, 0.1) is 6.92 Å². The predicted octanol–water partition coefficient (Wildman–Crippen LogP) is 2.73. The molecule has 1 N–H and O–H groups in total. The first-order valence-corrected chi connectivity index (χ1v) is 4.81. The summed E-state index contributed by atoms with van der Waals surface area (Å²) in [5.41, 5.74) is -0.772. The number of aryl methyl sites for hydroxylation is 1. The number of rotatable bonds is 2. The van der Waals surface area contributed by atoms with Crippen LogP contribution in [-0.4, -0.2) is 16.6 Å². The zero-order chi connectivity index (χ0) is 11.6. The highest BCUT2D eigenvalue weighted by Gasteiger charge is 2.27. The molecule has 0 unspecified atom stereocenters. The van der Waals surface area contributed by atoms with Gasteiger partial charge in [0.25, 0.3) is 5.91 Å². The normalized spacial score (nSPS) is 11.3. The maximum absolute atomic E-state index is 13.2. The Hall–Kier alpha value is -1.16. The number of hydrogen-bond donors (Lipinski definition) is 1. The van der Waals surface area contributed by atoms with Crippen LogP contribution in [0.1, 0.15) is 19.4 Å². The van der Waals surface area contributed by atoms with Gasteiger partial charge in [0.15, 0.2) is 10.8 Å². The van der Waals surface area contributed by atoms with Gasteiger partial charge in [-0.2, -0.15) is 0 Å². The van der Waals surface area contributed by atoms with Crippen LogP contribution in [0.3, 0.4) is 0 Å². The number of amides is 1. The minimum absolute atomic E-state index is 0.151. The maximum Gasteiger partial charge on any atom is 0.261 e. The molecule has 0 bridgehead atoms. The molecule has 1 aromatic heterocycles. The van der Waals surface area contributed by atoms with E-state index in [9.17, 15) is 9.18 Å². The van der Waals surface area contributed by atoms with Crippen LogP contribution in [0.5, 0.6) is 0 Å². The molecule has 0 aliphatic carbocycles. The molecule has 0 aliphatic heterocycles. The van der Waals surface area contributed by atoms with Gasteiger partial charge in [0.05, 0.1) is 5.69 Å². The third-order valence-corrected chi connectivity index (χ3v) is 2.07. The van der Waals surface area contributed by atoms with E-state index in [1.165, 1.54) is 13.8 Å². The molecule has 0 aromatic carbocycles. The van der Waals surface area contributed by atoms with Crippen molar-refractivity contribution in [2.24, 2.45) is 0 Å². The van der Waals surface area contributed by atoms with Crippen LogP contribution in [0.4, 0.5) is 10.1 Å². The molecule has 0 fully saturated rings. The van der Waals surface area contributed by atoms with E-state index in [-0.39, 0.29) is 5.15 Å². The Morgan fingerprint density at radius 2 is 2.20 bits per heavy atom. The van der Waals surface area contributed by atoms with Crippen molar-refractivity contribution in [1.82, 2.24) is 4.98 Å². The van der Waals surface area contributed by atoms with E-state index in [0.29, 0.717) is 5.69 Å². The molecular weight excluding hydrogens is 219 g/mol. The highest BCUT2D eigenvalue weighted by Crippen LogP contribution is 2.21. The van der Waals surface area contributed by atoms with Crippen molar-refractivity contribution < 1.29 is 9.18 Å². The van der Waals surface area contributed by atoms with E-state index < -0.39 is 11.6 Å². The van der Waals surface area contributed by atoms with Gasteiger partial charge in [0.1, 0.15) is 0 Å². The summed E-state index contributed by atoms with van der Waals surface area (Å²) in [6.07, 6.45) is 1.57. The van der Waals surface area contributed by atoms with Crippen molar-refractivity contribution in [2.75, 3.05) is 5.32 Å². The van der Waals surface area contributed by atoms with Crippen LogP contribution in [0.2, 0.25) is 5.15 Å². The lowest BCUT2D eigenvalue weighted by atomic mass is 10.1. The predicted molar refractivity (Wildman–Crippen MR) is 57.8 cm³/mol. The van der Waals surface area contributed by atoms with Crippen molar-refractivity contribution in [3.8, 4) is 0 Å². The molecule has 82 valence electrons. The summed E-state index contributed by atoms with van der Waals surface area (Å²) >= 11 is 5.74. The summed E-state index contributed by atoms with van der Waals surface area (Å²) in [6, 6.07) is 1.64. The molecule has 1 amide bonds. The summed E-state index contributed by atoms with van der Waals surface area (Å²) in [5, 5.41) is 2.53. The van der Waals surface area contributed by atoms with E-state index in [1.54, 1.807) is 19.2 Å². The zero-order valence-corrected chi connectivity index (χ0v) is 9.52. The van der Waals surface area contributed by atoms with Crippen molar-refractivity contribution in [3.63, 3.8) is 0 Å². The Kier molecular flexibility index (Phi) is 3.29. The molecule has 5 heteroatoms. The third kappa shape index (κ3) is 3.16. The number of nitrogens with one attached hydrogen (secondary N) is 1. The molecule has 15 heavy (non-hydrogen) atoms. The fourth-order valence-electron chi connectivity index (χ4n) is 0.911. The summed E-state index contributed by atoms with van der Waals surface area (Å²) in [6.45, 7) is 4.17. The van der Waals surface area contributed by atoms with Gasteiger partial charge in [-0.25, -0.2) is 9.37 Å². The average Bonchev–Trinajstić information content (AvgIpc) is 2.09. The quantitative estimate of drug-likeness (QED) is 0.794. The number of alkyl halides is 1. The summed E-state index contributed by atoms with van der Waals surface area (Å²) < 4.78 is 13.2. The van der Waals surface area contributed by atoms with Gasteiger partial charge in [-0.3, -0.25) is 4.79 Å². The first-order valence-electron chi connectivity index (χ1n) is 4.43. The fourth-order valence-corrected chi connectivity index (χ4v) is 1.06. The van der Waals surface area contributed by atoms with Gasteiger partial charge < -0.3 is 5.32 Å². The lowest BCUT2D eigenvalue weighted by Crippen LogP contribution is -2.32. The average molecular weight is 231 g/mol. The highest BCUT2D eigenvalue weighted by molar-refractivity contribution is 6.32. The van der Waals surface area contributed by atoms with Gasteiger partial charge in [0.2, 0.25) is 0 Å². The lowest BCUT2D eigenvalue weighted by Gasteiger charge is -2.14. The number of hydrogen-bond acceptors (Lipinski definition) is 2. The molecule has 1 heterocycles. The maximum atomic E-state index is 13.2. The second kappa shape index (κ2) is 4.14. The summed E-state index contributed by atoms with van der Waals surface area (Å²) in [7, 11) is 0. The topological polar surface area (TPSA) is 42.0 Å². The Morgan fingerprint density at radius 3 is 2.73 bits per heavy atom. The first kappa shape index (κ1) is 11.9. The van der Waals surface area contributed by atoms with Gasteiger partial charge >= 0.3 is 0 Å². The van der Waals surface area contributed by atoms with Crippen LogP contribution in [0.25, 0.3) is 0 Å². The minimum Gasteiger partial charge on any atom is -0.321 e. The Labute approximate surface area is 92.7 Å². The lowest BCUT2D eigenvalue weighted by molar-refractivity contribution is -0.125. The second-order valence-corrected chi connectivity index (χ2v) is 4.14. The minimum atomic E-state index is -1.94. The molecule has 0 saturated heterocycles. The Morgan fingerprint density at radius 1 is 1.60 bits per heavy atom. The smallest absolute Gasteiger partial charge is 0.261 e. The first-order chi connectivity index (χ1) is 6.80. The SMILES string of the molecule is Cc1cnc(Cl)c(NC(=O)C(C)(C)F)c1. The zero-order valence-electron chi connectivity index (χ0n) is 8.77.